The van der Waals surface area contributed by atoms with Gasteiger partial charge in [0.25, 0.3) is 0 Å². The lowest BCUT2D eigenvalue weighted by Crippen LogP contribution is -2.12. The molecule has 0 bridgehead atoms. The quantitative estimate of drug-likeness (QED) is 0.860. The minimum Gasteiger partial charge on any atom is -0.360 e. The summed E-state index contributed by atoms with van der Waals surface area (Å²) in [6.45, 7) is 5.32. The van der Waals surface area contributed by atoms with E-state index in [4.69, 9.17) is 0 Å². The number of aromatic nitrogens is 2. The van der Waals surface area contributed by atoms with E-state index in [1.165, 1.54) is 50.1 Å². The number of rotatable bonds is 5. The molecule has 3 nitrogen and oxygen atoms in total. The maximum Gasteiger partial charge on any atom is 0.202 e. The Morgan fingerprint density at radius 2 is 2.06 bits per heavy atom. The molecular formula is C13H23N3S. The number of nitrogens with zero attached hydrogens (tertiary/aromatic N) is 2. The van der Waals surface area contributed by atoms with Gasteiger partial charge in [-0.05, 0) is 12.3 Å². The van der Waals surface area contributed by atoms with E-state index in [0.29, 0.717) is 5.92 Å². The Hall–Kier alpha value is -0.640. The van der Waals surface area contributed by atoms with Crippen LogP contribution in [-0.4, -0.2) is 15.9 Å². The molecule has 0 saturated heterocycles. The highest BCUT2D eigenvalue weighted by atomic mass is 32.1. The fourth-order valence-corrected chi connectivity index (χ4v) is 3.13. The average molecular weight is 253 g/mol. The van der Waals surface area contributed by atoms with Crippen molar-refractivity contribution >= 4 is 16.7 Å². The lowest BCUT2D eigenvalue weighted by atomic mass is 9.87. The van der Waals surface area contributed by atoms with E-state index in [9.17, 15) is 0 Å². The molecule has 1 aromatic heterocycles. The fourth-order valence-electron chi connectivity index (χ4n) is 2.40. The first-order chi connectivity index (χ1) is 8.25. The average Bonchev–Trinajstić information content (AvgIpc) is 2.79. The van der Waals surface area contributed by atoms with Gasteiger partial charge < -0.3 is 5.32 Å². The van der Waals surface area contributed by atoms with E-state index in [-0.39, 0.29) is 0 Å². The first kappa shape index (κ1) is 12.8. The molecule has 1 N–H and O–H groups in total. The molecule has 0 aromatic carbocycles. The summed E-state index contributed by atoms with van der Waals surface area (Å²) in [6.07, 6.45) is 8.45. The molecule has 1 aromatic rings. The predicted molar refractivity (Wildman–Crippen MR) is 73.7 cm³/mol. The monoisotopic (exact) mass is 253 g/mol. The van der Waals surface area contributed by atoms with Crippen molar-refractivity contribution in [3.8, 4) is 0 Å². The van der Waals surface area contributed by atoms with Gasteiger partial charge in [0.1, 0.15) is 5.82 Å². The van der Waals surface area contributed by atoms with Crippen LogP contribution in [0.2, 0.25) is 0 Å². The smallest absolute Gasteiger partial charge is 0.202 e. The summed E-state index contributed by atoms with van der Waals surface area (Å²) in [5.74, 6) is 2.34. The minimum atomic E-state index is 0.431. The van der Waals surface area contributed by atoms with Gasteiger partial charge in [-0.3, -0.25) is 0 Å². The molecule has 0 aliphatic heterocycles. The van der Waals surface area contributed by atoms with E-state index in [1.54, 1.807) is 0 Å². The molecule has 1 heterocycles. The highest BCUT2D eigenvalue weighted by Crippen LogP contribution is 2.26. The number of hydrogen-bond donors (Lipinski definition) is 1. The zero-order valence-electron chi connectivity index (χ0n) is 10.9. The van der Waals surface area contributed by atoms with Crippen molar-refractivity contribution in [2.45, 2.75) is 58.3 Å². The molecule has 96 valence electrons. The normalized spacial score (nSPS) is 17.6. The summed E-state index contributed by atoms with van der Waals surface area (Å²) in [7, 11) is 0. The molecule has 1 aliphatic carbocycles. The Kier molecular flexibility index (Phi) is 4.77. The van der Waals surface area contributed by atoms with Gasteiger partial charge in [0.05, 0.1) is 0 Å². The number of nitrogens with one attached hydrogen (secondary N) is 1. The van der Waals surface area contributed by atoms with E-state index >= 15 is 0 Å². The molecule has 0 unspecified atom stereocenters. The zero-order valence-corrected chi connectivity index (χ0v) is 11.7. The van der Waals surface area contributed by atoms with Crippen molar-refractivity contribution in [3.05, 3.63) is 5.82 Å². The van der Waals surface area contributed by atoms with E-state index in [1.807, 2.05) is 0 Å². The zero-order chi connectivity index (χ0) is 12.1. The fraction of sp³-hybridized carbons (Fsp3) is 0.846. The van der Waals surface area contributed by atoms with Crippen LogP contribution < -0.4 is 5.32 Å². The van der Waals surface area contributed by atoms with Gasteiger partial charge in [-0.2, -0.15) is 4.37 Å². The van der Waals surface area contributed by atoms with Gasteiger partial charge in [0.15, 0.2) is 0 Å². The van der Waals surface area contributed by atoms with Crippen LogP contribution >= 0.6 is 11.5 Å². The highest BCUT2D eigenvalue weighted by Gasteiger charge is 2.13. The van der Waals surface area contributed by atoms with E-state index in [0.717, 1.165) is 23.4 Å². The second-order valence-electron chi connectivity index (χ2n) is 5.33. The van der Waals surface area contributed by atoms with Gasteiger partial charge in [0, 0.05) is 24.0 Å². The van der Waals surface area contributed by atoms with Gasteiger partial charge >= 0.3 is 0 Å². The van der Waals surface area contributed by atoms with Gasteiger partial charge in [-0.15, -0.1) is 0 Å². The molecule has 1 fully saturated rings. The molecule has 0 amide bonds. The Morgan fingerprint density at radius 1 is 1.29 bits per heavy atom. The Balaban J connectivity index is 1.70. The van der Waals surface area contributed by atoms with Gasteiger partial charge in [-0.25, -0.2) is 4.98 Å². The molecule has 4 heteroatoms. The Labute approximate surface area is 108 Å². The predicted octanol–water partition coefficient (Wildman–Crippen LogP) is 4.04. The molecule has 0 atom stereocenters. The minimum absolute atomic E-state index is 0.431. The summed E-state index contributed by atoms with van der Waals surface area (Å²) in [4.78, 5) is 4.49. The van der Waals surface area contributed by atoms with Gasteiger partial charge in [-0.1, -0.05) is 46.0 Å². The van der Waals surface area contributed by atoms with Crippen molar-refractivity contribution in [1.29, 1.82) is 0 Å². The van der Waals surface area contributed by atoms with Crippen LogP contribution in [0, 0.1) is 5.92 Å². The lowest BCUT2D eigenvalue weighted by Gasteiger charge is -2.21. The third-order valence-electron chi connectivity index (χ3n) is 3.51. The Morgan fingerprint density at radius 3 is 2.71 bits per heavy atom. The number of hydrogen-bond acceptors (Lipinski definition) is 4. The second kappa shape index (κ2) is 6.34. The van der Waals surface area contributed by atoms with E-state index < -0.39 is 0 Å². The molecule has 1 saturated carbocycles. The topological polar surface area (TPSA) is 37.8 Å². The van der Waals surface area contributed by atoms with Crippen LogP contribution in [0.25, 0.3) is 0 Å². The van der Waals surface area contributed by atoms with Crippen molar-refractivity contribution in [2.75, 3.05) is 11.9 Å². The van der Waals surface area contributed by atoms with Crippen LogP contribution in [0.5, 0.6) is 0 Å². The first-order valence-corrected chi connectivity index (χ1v) is 7.60. The maximum atomic E-state index is 4.49. The largest absolute Gasteiger partial charge is 0.360 e. The summed E-state index contributed by atoms with van der Waals surface area (Å²) in [6, 6.07) is 0. The highest BCUT2D eigenvalue weighted by molar-refractivity contribution is 7.09. The summed E-state index contributed by atoms with van der Waals surface area (Å²) in [5, 5.41) is 4.40. The standard InChI is InChI=1S/C13H23N3S/c1-10(2)12-15-13(17-16-12)14-9-8-11-6-4-3-5-7-11/h10-11H,3-9H2,1-2H3,(H,14,15,16). The first-order valence-electron chi connectivity index (χ1n) is 6.83. The summed E-state index contributed by atoms with van der Waals surface area (Å²) >= 11 is 1.49. The molecular weight excluding hydrogens is 230 g/mol. The van der Waals surface area contributed by atoms with Crippen LogP contribution in [-0.2, 0) is 0 Å². The van der Waals surface area contributed by atoms with E-state index in [2.05, 4.69) is 28.5 Å². The van der Waals surface area contributed by atoms with Crippen molar-refractivity contribution in [3.63, 3.8) is 0 Å². The van der Waals surface area contributed by atoms with Crippen molar-refractivity contribution in [2.24, 2.45) is 5.92 Å². The third kappa shape index (κ3) is 3.95. The van der Waals surface area contributed by atoms with Gasteiger partial charge in [0.2, 0.25) is 5.13 Å². The second-order valence-corrected chi connectivity index (χ2v) is 6.08. The molecule has 17 heavy (non-hydrogen) atoms. The van der Waals surface area contributed by atoms with Crippen LogP contribution in [0.4, 0.5) is 5.13 Å². The third-order valence-corrected chi connectivity index (χ3v) is 4.20. The molecule has 2 rings (SSSR count). The van der Waals surface area contributed by atoms with Crippen LogP contribution in [0.1, 0.15) is 64.1 Å². The SMILES string of the molecule is CC(C)c1nsc(NCCC2CCCCC2)n1. The van der Waals surface area contributed by atoms with Crippen LogP contribution in [0.3, 0.4) is 0 Å². The van der Waals surface area contributed by atoms with Crippen molar-refractivity contribution < 1.29 is 0 Å². The molecule has 0 radical (unpaired) electrons. The maximum absolute atomic E-state index is 4.49. The summed E-state index contributed by atoms with van der Waals surface area (Å²) in [5.41, 5.74) is 0. The Bertz CT molecular complexity index is 329. The molecule has 1 aliphatic rings. The summed E-state index contributed by atoms with van der Waals surface area (Å²) < 4.78 is 4.35. The van der Waals surface area contributed by atoms with Crippen molar-refractivity contribution in [1.82, 2.24) is 9.36 Å². The lowest BCUT2D eigenvalue weighted by molar-refractivity contribution is 0.345. The van der Waals surface area contributed by atoms with Crippen LogP contribution in [0.15, 0.2) is 0 Å². The molecule has 0 spiro atoms. The number of anilines is 1.